The Morgan fingerprint density at radius 1 is 1.00 bits per heavy atom. The normalized spacial score (nSPS) is 18.8. The number of nitrogens with one attached hydrogen (secondary N) is 1. The minimum absolute atomic E-state index is 0.0349. The molecule has 3 aliphatic rings. The molecular weight excluding hydrogens is 458 g/mol. The van der Waals surface area contributed by atoms with Crippen molar-refractivity contribution in [1.82, 2.24) is 4.57 Å². The van der Waals surface area contributed by atoms with Gasteiger partial charge in [-0.05, 0) is 74.4 Å². The van der Waals surface area contributed by atoms with Gasteiger partial charge in [0.1, 0.15) is 30.8 Å². The Hall–Kier alpha value is -3.54. The van der Waals surface area contributed by atoms with E-state index in [9.17, 15) is 10.1 Å². The molecule has 1 amide bonds. The molecule has 2 aromatic carbocycles. The van der Waals surface area contributed by atoms with Crippen molar-refractivity contribution >= 4 is 22.7 Å². The third-order valence-corrected chi connectivity index (χ3v) is 7.33. The first-order valence-corrected chi connectivity index (χ1v) is 12.7. The van der Waals surface area contributed by atoms with E-state index in [0.29, 0.717) is 43.0 Å². The van der Waals surface area contributed by atoms with Gasteiger partial charge in [-0.2, -0.15) is 5.26 Å². The van der Waals surface area contributed by atoms with Crippen molar-refractivity contribution in [3.05, 3.63) is 48.0 Å². The zero-order valence-electron chi connectivity index (χ0n) is 20.1. The van der Waals surface area contributed by atoms with E-state index in [1.54, 1.807) is 0 Å². The molecule has 2 saturated carbocycles. The quantitative estimate of drug-likeness (QED) is 0.475. The summed E-state index contributed by atoms with van der Waals surface area (Å²) >= 11 is 0. The van der Waals surface area contributed by atoms with E-state index < -0.39 is 6.09 Å². The number of fused-ring (bicyclic) bond motifs is 1. The topological polar surface area (TPSA) is 94.7 Å². The van der Waals surface area contributed by atoms with Crippen LogP contribution in [0.25, 0.3) is 22.2 Å². The standard InChI is InChI=1S/C28H29N3O5/c29-14-25-24-13-22(35-23-15-33-17-34-16-23)11-12-26(24)31(20-3-1-4-20)27(25)18-7-9-19(10-8-18)30-28(32)36-21-5-2-6-21/h7-13,20-21,23H,1-6,15-17H2,(H,30,32). The summed E-state index contributed by atoms with van der Waals surface area (Å²) in [6.07, 6.45) is 5.77. The molecule has 1 aliphatic heterocycles. The maximum Gasteiger partial charge on any atom is 0.411 e. The summed E-state index contributed by atoms with van der Waals surface area (Å²) in [5.41, 5.74) is 4.16. The molecule has 3 fully saturated rings. The van der Waals surface area contributed by atoms with Gasteiger partial charge in [0.15, 0.2) is 0 Å². The van der Waals surface area contributed by atoms with Gasteiger partial charge in [0, 0.05) is 17.1 Å². The van der Waals surface area contributed by atoms with Gasteiger partial charge in [-0.3, -0.25) is 5.32 Å². The van der Waals surface area contributed by atoms with E-state index >= 15 is 0 Å². The lowest BCUT2D eigenvalue weighted by Gasteiger charge is -2.30. The van der Waals surface area contributed by atoms with Crippen LogP contribution in [0.15, 0.2) is 42.5 Å². The van der Waals surface area contributed by atoms with Crippen LogP contribution in [0.1, 0.15) is 50.1 Å². The molecule has 36 heavy (non-hydrogen) atoms. The molecule has 8 heteroatoms. The number of ether oxygens (including phenoxy) is 4. The first kappa shape index (κ1) is 22.9. The zero-order valence-corrected chi connectivity index (χ0v) is 20.1. The second-order valence-corrected chi connectivity index (χ2v) is 9.73. The monoisotopic (exact) mass is 487 g/mol. The number of rotatable bonds is 6. The maximum atomic E-state index is 12.1. The Morgan fingerprint density at radius 2 is 1.75 bits per heavy atom. The summed E-state index contributed by atoms with van der Waals surface area (Å²) < 4.78 is 24.5. The smallest absolute Gasteiger partial charge is 0.411 e. The average Bonchev–Trinajstić information content (AvgIpc) is 3.15. The maximum absolute atomic E-state index is 12.1. The van der Waals surface area contributed by atoms with Gasteiger partial charge in [0.05, 0.1) is 30.0 Å². The van der Waals surface area contributed by atoms with Gasteiger partial charge < -0.3 is 23.5 Å². The van der Waals surface area contributed by atoms with Crippen LogP contribution in [-0.4, -0.2) is 42.9 Å². The molecule has 2 heterocycles. The fraction of sp³-hybridized carbons (Fsp3) is 0.429. The molecule has 8 nitrogen and oxygen atoms in total. The molecule has 0 bridgehead atoms. The Morgan fingerprint density at radius 3 is 2.39 bits per heavy atom. The molecule has 186 valence electrons. The molecule has 2 aliphatic carbocycles. The van der Waals surface area contributed by atoms with Crippen LogP contribution in [0, 0.1) is 11.3 Å². The summed E-state index contributed by atoms with van der Waals surface area (Å²) in [7, 11) is 0. The minimum Gasteiger partial charge on any atom is -0.486 e. The van der Waals surface area contributed by atoms with Gasteiger partial charge in [-0.25, -0.2) is 4.79 Å². The van der Waals surface area contributed by atoms with Crippen LogP contribution in [0.4, 0.5) is 10.5 Å². The second kappa shape index (κ2) is 9.84. The van der Waals surface area contributed by atoms with Crippen LogP contribution in [-0.2, 0) is 14.2 Å². The predicted molar refractivity (Wildman–Crippen MR) is 134 cm³/mol. The summed E-state index contributed by atoms with van der Waals surface area (Å²) in [6.45, 7) is 1.25. The lowest BCUT2D eigenvalue weighted by molar-refractivity contribution is -0.143. The van der Waals surface area contributed by atoms with Crippen molar-refractivity contribution in [2.24, 2.45) is 0 Å². The number of hydrogen-bond donors (Lipinski definition) is 1. The van der Waals surface area contributed by atoms with E-state index in [2.05, 4.69) is 16.0 Å². The van der Waals surface area contributed by atoms with E-state index in [4.69, 9.17) is 18.9 Å². The SMILES string of the molecule is N#Cc1c(-c2ccc(NC(=O)OC3CCC3)cc2)n(C2CCC2)c2ccc(OC3COCOC3)cc12. The highest BCUT2D eigenvalue weighted by atomic mass is 16.7. The molecule has 1 N–H and O–H groups in total. The number of hydrogen-bond acceptors (Lipinski definition) is 6. The van der Waals surface area contributed by atoms with Gasteiger partial charge in [-0.1, -0.05) is 12.1 Å². The number of anilines is 1. The van der Waals surface area contributed by atoms with Crippen molar-refractivity contribution in [1.29, 1.82) is 5.26 Å². The Labute approximate surface area is 209 Å². The molecule has 0 spiro atoms. The molecule has 1 aromatic heterocycles. The number of amides is 1. The molecule has 0 unspecified atom stereocenters. The van der Waals surface area contributed by atoms with Gasteiger partial charge in [0.2, 0.25) is 0 Å². The summed E-state index contributed by atoms with van der Waals surface area (Å²) in [6, 6.07) is 16.4. The number of benzene rings is 2. The van der Waals surface area contributed by atoms with E-state index in [-0.39, 0.29) is 12.2 Å². The molecule has 0 radical (unpaired) electrons. The number of carbonyl (C=O) groups is 1. The Balaban J connectivity index is 1.32. The van der Waals surface area contributed by atoms with E-state index in [1.165, 1.54) is 6.42 Å². The highest BCUT2D eigenvalue weighted by molar-refractivity contribution is 5.96. The summed E-state index contributed by atoms with van der Waals surface area (Å²) in [4.78, 5) is 12.1. The van der Waals surface area contributed by atoms with E-state index in [1.807, 2.05) is 42.5 Å². The zero-order chi connectivity index (χ0) is 24.5. The van der Waals surface area contributed by atoms with Crippen molar-refractivity contribution < 1.29 is 23.7 Å². The third-order valence-electron chi connectivity index (χ3n) is 7.33. The average molecular weight is 488 g/mol. The van der Waals surface area contributed by atoms with Crippen LogP contribution in [0.5, 0.6) is 5.75 Å². The number of aromatic nitrogens is 1. The second-order valence-electron chi connectivity index (χ2n) is 9.73. The third kappa shape index (κ3) is 4.41. The molecule has 1 saturated heterocycles. The van der Waals surface area contributed by atoms with Gasteiger partial charge in [0.25, 0.3) is 0 Å². The summed E-state index contributed by atoms with van der Waals surface area (Å²) in [5.74, 6) is 0.694. The molecule has 0 atom stereocenters. The molecule has 6 rings (SSSR count). The Kier molecular flexibility index (Phi) is 6.26. The van der Waals surface area contributed by atoms with Crippen molar-refractivity contribution in [3.8, 4) is 23.1 Å². The van der Waals surface area contributed by atoms with Crippen molar-refractivity contribution in [3.63, 3.8) is 0 Å². The largest absolute Gasteiger partial charge is 0.486 e. The van der Waals surface area contributed by atoms with Crippen LogP contribution in [0.3, 0.4) is 0 Å². The van der Waals surface area contributed by atoms with Crippen molar-refractivity contribution in [2.75, 3.05) is 25.3 Å². The lowest BCUT2D eigenvalue weighted by Crippen LogP contribution is -2.33. The highest BCUT2D eigenvalue weighted by Gasteiger charge is 2.28. The van der Waals surface area contributed by atoms with Gasteiger partial charge >= 0.3 is 6.09 Å². The predicted octanol–water partition coefficient (Wildman–Crippen LogP) is 5.76. The minimum atomic E-state index is -0.421. The summed E-state index contributed by atoms with van der Waals surface area (Å²) in [5, 5.41) is 13.9. The van der Waals surface area contributed by atoms with E-state index in [0.717, 1.165) is 54.3 Å². The fourth-order valence-electron chi connectivity index (χ4n) is 5.01. The first-order valence-electron chi connectivity index (χ1n) is 12.7. The fourth-order valence-corrected chi connectivity index (χ4v) is 5.01. The van der Waals surface area contributed by atoms with Crippen LogP contribution < -0.4 is 10.1 Å². The molecule has 3 aromatic rings. The number of carbonyl (C=O) groups excluding carboxylic acids is 1. The molecular formula is C28H29N3O5. The lowest BCUT2D eigenvalue weighted by atomic mass is 9.92. The number of nitrogens with zero attached hydrogens (tertiary/aromatic N) is 2. The van der Waals surface area contributed by atoms with Gasteiger partial charge in [-0.15, -0.1) is 0 Å². The van der Waals surface area contributed by atoms with Crippen molar-refractivity contribution in [2.45, 2.75) is 56.8 Å². The number of nitriles is 1. The first-order chi connectivity index (χ1) is 17.7. The van der Waals surface area contributed by atoms with Crippen LogP contribution >= 0.6 is 0 Å². The highest BCUT2D eigenvalue weighted by Crippen LogP contribution is 2.43. The Bertz CT molecular complexity index is 1300. The van der Waals surface area contributed by atoms with Crippen LogP contribution in [0.2, 0.25) is 0 Å².